The van der Waals surface area contributed by atoms with Crippen molar-refractivity contribution in [3.05, 3.63) is 49.2 Å². The molecule has 0 aromatic carbocycles. The summed E-state index contributed by atoms with van der Waals surface area (Å²) in [7, 11) is 1.74. The van der Waals surface area contributed by atoms with Gasteiger partial charge in [0.05, 0.1) is 6.10 Å². The molecule has 0 aromatic rings. The van der Waals surface area contributed by atoms with Crippen molar-refractivity contribution in [2.24, 2.45) is 0 Å². The minimum absolute atomic E-state index is 0.187. The van der Waals surface area contributed by atoms with Gasteiger partial charge in [-0.2, -0.15) is 0 Å². The van der Waals surface area contributed by atoms with E-state index in [9.17, 15) is 4.79 Å². The first-order chi connectivity index (χ1) is 9.69. The number of ether oxygens (including phenoxy) is 1. The molecule has 1 fully saturated rings. The minimum Gasteiger partial charge on any atom is -0.381 e. The molecule has 110 valence electrons. The Balaban J connectivity index is 2.42. The van der Waals surface area contributed by atoms with Gasteiger partial charge >= 0.3 is 6.03 Å². The second-order valence-electron chi connectivity index (χ2n) is 4.76. The number of allylic oxidation sites excluding steroid dienone is 5. The van der Waals surface area contributed by atoms with Crippen LogP contribution in [-0.2, 0) is 4.74 Å². The highest BCUT2D eigenvalue weighted by atomic mass is 16.5. The lowest BCUT2D eigenvalue weighted by Crippen LogP contribution is -2.43. The van der Waals surface area contributed by atoms with Crippen molar-refractivity contribution in [1.29, 1.82) is 0 Å². The maximum atomic E-state index is 11.9. The molecule has 2 N–H and O–H groups in total. The number of hydrogen-bond acceptors (Lipinski definition) is 2. The monoisotopic (exact) mass is 276 g/mol. The van der Waals surface area contributed by atoms with E-state index in [-0.39, 0.29) is 12.1 Å². The van der Waals surface area contributed by atoms with Crippen LogP contribution in [-0.4, -0.2) is 25.3 Å². The van der Waals surface area contributed by atoms with E-state index in [1.165, 1.54) is 0 Å². The third kappa shape index (κ3) is 5.89. The predicted octanol–water partition coefficient (Wildman–Crippen LogP) is 3.06. The molecule has 1 aliphatic rings. The topological polar surface area (TPSA) is 50.4 Å². The van der Waals surface area contributed by atoms with Gasteiger partial charge in [-0.25, -0.2) is 4.79 Å². The standard InChI is InChI=1S/C16H24N2O2/c1-4-6-8-13(7-5-2)17-16(19)18-14-9-11-15(20-3)12-10-14/h4-8,14-15H,1-2,9-12H2,3H3,(H2,17,18,19)/b8-6-,13-7+. The lowest BCUT2D eigenvalue weighted by Gasteiger charge is -2.28. The molecule has 0 atom stereocenters. The molecular weight excluding hydrogens is 252 g/mol. The zero-order valence-corrected chi connectivity index (χ0v) is 12.1. The zero-order valence-electron chi connectivity index (χ0n) is 12.1. The van der Waals surface area contributed by atoms with E-state index in [2.05, 4.69) is 23.8 Å². The summed E-state index contributed by atoms with van der Waals surface area (Å²) in [5, 5.41) is 5.79. The van der Waals surface area contributed by atoms with Crippen molar-refractivity contribution in [2.45, 2.75) is 37.8 Å². The van der Waals surface area contributed by atoms with E-state index < -0.39 is 0 Å². The van der Waals surface area contributed by atoms with Crippen molar-refractivity contribution in [3.8, 4) is 0 Å². The highest BCUT2D eigenvalue weighted by Gasteiger charge is 2.21. The van der Waals surface area contributed by atoms with E-state index in [0.717, 1.165) is 25.7 Å². The highest BCUT2D eigenvalue weighted by Crippen LogP contribution is 2.20. The van der Waals surface area contributed by atoms with Gasteiger partial charge in [0.1, 0.15) is 0 Å². The van der Waals surface area contributed by atoms with Crippen LogP contribution < -0.4 is 10.6 Å². The van der Waals surface area contributed by atoms with Crippen molar-refractivity contribution in [3.63, 3.8) is 0 Å². The molecular formula is C16H24N2O2. The van der Waals surface area contributed by atoms with Crippen molar-refractivity contribution in [1.82, 2.24) is 10.6 Å². The third-order valence-corrected chi connectivity index (χ3v) is 3.31. The summed E-state index contributed by atoms with van der Waals surface area (Å²) in [5.74, 6) is 0. The second-order valence-corrected chi connectivity index (χ2v) is 4.76. The molecule has 0 aromatic heterocycles. The lowest BCUT2D eigenvalue weighted by atomic mass is 9.93. The number of amides is 2. The Morgan fingerprint density at radius 3 is 2.45 bits per heavy atom. The fourth-order valence-electron chi connectivity index (χ4n) is 2.23. The van der Waals surface area contributed by atoms with Crippen LogP contribution >= 0.6 is 0 Å². The fourth-order valence-corrected chi connectivity index (χ4v) is 2.23. The van der Waals surface area contributed by atoms with Gasteiger partial charge in [0.25, 0.3) is 0 Å². The SMILES string of the molecule is C=C/C=C\C(=C/C=C)NC(=O)NC1CCC(OC)CC1. The normalized spacial score (nSPS) is 23.4. The molecule has 1 rings (SSSR count). The van der Waals surface area contributed by atoms with E-state index in [1.54, 1.807) is 37.5 Å². The maximum absolute atomic E-state index is 11.9. The summed E-state index contributed by atoms with van der Waals surface area (Å²) in [4.78, 5) is 11.9. The summed E-state index contributed by atoms with van der Waals surface area (Å²) in [6, 6.07) is 0.0300. The van der Waals surface area contributed by atoms with Crippen molar-refractivity contribution < 1.29 is 9.53 Å². The smallest absolute Gasteiger partial charge is 0.319 e. The Hall–Kier alpha value is -1.81. The van der Waals surface area contributed by atoms with Gasteiger partial charge in [0.15, 0.2) is 0 Å². The Kier molecular flexibility index (Phi) is 7.43. The Bertz CT molecular complexity index is 391. The van der Waals surface area contributed by atoms with E-state index in [0.29, 0.717) is 11.8 Å². The molecule has 0 aliphatic heterocycles. The van der Waals surface area contributed by atoms with Crippen LogP contribution in [0, 0.1) is 0 Å². The summed E-state index contributed by atoms with van der Waals surface area (Å²) in [5.41, 5.74) is 0.683. The molecule has 0 unspecified atom stereocenters. The van der Waals surface area contributed by atoms with Gasteiger partial charge < -0.3 is 15.4 Å². The van der Waals surface area contributed by atoms with Crippen LogP contribution in [0.5, 0.6) is 0 Å². The number of carbonyl (C=O) groups is 1. The van der Waals surface area contributed by atoms with Crippen LogP contribution in [0.1, 0.15) is 25.7 Å². The molecule has 4 nitrogen and oxygen atoms in total. The maximum Gasteiger partial charge on any atom is 0.319 e. The molecule has 0 radical (unpaired) electrons. The van der Waals surface area contributed by atoms with Crippen molar-refractivity contribution in [2.75, 3.05) is 7.11 Å². The minimum atomic E-state index is -0.187. The number of carbonyl (C=O) groups excluding carboxylic acids is 1. The average Bonchev–Trinajstić information content (AvgIpc) is 2.45. The second kappa shape index (κ2) is 9.15. The van der Waals surface area contributed by atoms with Crippen LogP contribution in [0.15, 0.2) is 49.2 Å². The van der Waals surface area contributed by atoms with E-state index in [4.69, 9.17) is 4.74 Å². The van der Waals surface area contributed by atoms with Crippen LogP contribution in [0.3, 0.4) is 0 Å². The number of urea groups is 1. The first-order valence-corrected chi connectivity index (χ1v) is 6.91. The zero-order chi connectivity index (χ0) is 14.8. The number of rotatable bonds is 6. The number of methoxy groups -OCH3 is 1. The molecule has 20 heavy (non-hydrogen) atoms. The Labute approximate surface area is 121 Å². The van der Waals surface area contributed by atoms with E-state index >= 15 is 0 Å². The lowest BCUT2D eigenvalue weighted by molar-refractivity contribution is 0.0636. The molecule has 4 heteroatoms. The van der Waals surface area contributed by atoms with Crippen LogP contribution in [0.4, 0.5) is 4.79 Å². The number of nitrogens with one attached hydrogen (secondary N) is 2. The average molecular weight is 276 g/mol. The van der Waals surface area contributed by atoms with Gasteiger partial charge in [0, 0.05) is 18.8 Å². The largest absolute Gasteiger partial charge is 0.381 e. The quantitative estimate of drug-likeness (QED) is 0.733. The van der Waals surface area contributed by atoms with E-state index in [1.807, 2.05) is 0 Å². The van der Waals surface area contributed by atoms with Crippen LogP contribution in [0.25, 0.3) is 0 Å². The Morgan fingerprint density at radius 1 is 1.20 bits per heavy atom. The molecule has 1 aliphatic carbocycles. The third-order valence-electron chi connectivity index (χ3n) is 3.31. The molecule has 0 spiro atoms. The number of hydrogen-bond donors (Lipinski definition) is 2. The predicted molar refractivity (Wildman–Crippen MR) is 82.3 cm³/mol. The molecule has 0 bridgehead atoms. The summed E-state index contributed by atoms with van der Waals surface area (Å²) in [6.07, 6.45) is 12.8. The molecule has 1 saturated carbocycles. The first kappa shape index (κ1) is 16.2. The van der Waals surface area contributed by atoms with Gasteiger partial charge in [-0.3, -0.25) is 0 Å². The Morgan fingerprint density at radius 2 is 1.90 bits per heavy atom. The summed E-state index contributed by atoms with van der Waals surface area (Å²) >= 11 is 0. The summed E-state index contributed by atoms with van der Waals surface area (Å²) in [6.45, 7) is 7.23. The van der Waals surface area contributed by atoms with Gasteiger partial charge in [0.2, 0.25) is 0 Å². The van der Waals surface area contributed by atoms with Gasteiger partial charge in [-0.1, -0.05) is 31.4 Å². The van der Waals surface area contributed by atoms with Gasteiger partial charge in [-0.05, 0) is 37.8 Å². The summed E-state index contributed by atoms with van der Waals surface area (Å²) < 4.78 is 5.32. The molecule has 0 saturated heterocycles. The molecule has 2 amide bonds. The fraction of sp³-hybridized carbons (Fsp3) is 0.438. The highest BCUT2D eigenvalue weighted by molar-refractivity contribution is 5.76. The van der Waals surface area contributed by atoms with Crippen molar-refractivity contribution >= 4 is 6.03 Å². The van der Waals surface area contributed by atoms with Gasteiger partial charge in [-0.15, -0.1) is 0 Å². The van der Waals surface area contributed by atoms with Crippen LogP contribution in [0.2, 0.25) is 0 Å². The first-order valence-electron chi connectivity index (χ1n) is 6.91. The molecule has 0 heterocycles.